The molecule has 0 aromatic heterocycles. The molecule has 27 heavy (non-hydrogen) atoms. The second kappa shape index (κ2) is 7.18. The van der Waals surface area contributed by atoms with E-state index in [4.69, 9.17) is 12.2 Å². The van der Waals surface area contributed by atoms with Crippen LogP contribution in [-0.4, -0.2) is 24.3 Å². The van der Waals surface area contributed by atoms with Crippen LogP contribution in [0.4, 0.5) is 11.4 Å². The Kier molecular flexibility index (Phi) is 4.72. The highest BCUT2D eigenvalue weighted by atomic mass is 32.2. The van der Waals surface area contributed by atoms with Crippen molar-refractivity contribution in [3.63, 3.8) is 0 Å². The van der Waals surface area contributed by atoms with Gasteiger partial charge in [-0.15, -0.1) is 0 Å². The van der Waals surface area contributed by atoms with Crippen LogP contribution in [0.3, 0.4) is 0 Å². The van der Waals surface area contributed by atoms with Gasteiger partial charge in [0.25, 0.3) is 5.91 Å². The molecule has 0 spiro atoms. The first-order valence-electron chi connectivity index (χ1n) is 8.58. The molecular weight excluding hydrogens is 372 g/mol. The van der Waals surface area contributed by atoms with E-state index < -0.39 is 0 Å². The van der Waals surface area contributed by atoms with Crippen LogP contribution < -0.4 is 9.80 Å². The third-order valence-electron chi connectivity index (χ3n) is 4.51. The standard InChI is InChI=1S/C22H18N2OS2/c1-23(2)17-12-10-15(11-13-17)14-20-21(25)24(22(26)27-20)19-9-5-7-16-6-3-4-8-18(16)19/h3-14H,1-2H3. The Balaban J connectivity index is 1.69. The smallest absolute Gasteiger partial charge is 0.270 e. The van der Waals surface area contributed by atoms with Crippen LogP contribution in [0.5, 0.6) is 0 Å². The lowest BCUT2D eigenvalue weighted by Crippen LogP contribution is -2.27. The first kappa shape index (κ1) is 17.8. The first-order valence-corrected chi connectivity index (χ1v) is 9.80. The SMILES string of the molecule is CN(C)c1ccc(C=C2SC(=S)N(c3cccc4ccccc34)C2=O)cc1. The van der Waals surface area contributed by atoms with Crippen molar-refractivity contribution < 1.29 is 4.79 Å². The molecule has 1 amide bonds. The Morgan fingerprint density at radius 3 is 2.41 bits per heavy atom. The number of anilines is 2. The molecule has 1 aliphatic heterocycles. The summed E-state index contributed by atoms with van der Waals surface area (Å²) >= 11 is 6.88. The van der Waals surface area contributed by atoms with E-state index in [-0.39, 0.29) is 5.91 Å². The fourth-order valence-electron chi connectivity index (χ4n) is 3.10. The summed E-state index contributed by atoms with van der Waals surface area (Å²) in [6.45, 7) is 0. The summed E-state index contributed by atoms with van der Waals surface area (Å²) in [5, 5.41) is 2.11. The number of carbonyl (C=O) groups is 1. The molecule has 0 radical (unpaired) electrons. The maximum absolute atomic E-state index is 13.1. The summed E-state index contributed by atoms with van der Waals surface area (Å²) in [7, 11) is 4.01. The van der Waals surface area contributed by atoms with Gasteiger partial charge in [0, 0.05) is 25.2 Å². The normalized spacial score (nSPS) is 15.8. The number of thiocarbonyl (C=S) groups is 1. The van der Waals surface area contributed by atoms with Gasteiger partial charge in [0.1, 0.15) is 0 Å². The highest BCUT2D eigenvalue weighted by Gasteiger charge is 2.34. The van der Waals surface area contributed by atoms with Crippen molar-refractivity contribution in [2.24, 2.45) is 0 Å². The largest absolute Gasteiger partial charge is 0.378 e. The van der Waals surface area contributed by atoms with Gasteiger partial charge in [-0.05, 0) is 35.2 Å². The summed E-state index contributed by atoms with van der Waals surface area (Å²) < 4.78 is 0.563. The van der Waals surface area contributed by atoms with Gasteiger partial charge in [-0.1, -0.05) is 72.5 Å². The monoisotopic (exact) mass is 390 g/mol. The third-order valence-corrected chi connectivity index (χ3v) is 5.81. The number of amides is 1. The molecule has 1 aliphatic rings. The molecule has 4 rings (SSSR count). The van der Waals surface area contributed by atoms with E-state index in [2.05, 4.69) is 0 Å². The molecule has 0 unspecified atom stereocenters. The maximum atomic E-state index is 13.1. The van der Waals surface area contributed by atoms with Crippen molar-refractivity contribution in [1.29, 1.82) is 0 Å². The zero-order valence-corrected chi connectivity index (χ0v) is 16.7. The van der Waals surface area contributed by atoms with E-state index in [1.54, 1.807) is 4.90 Å². The number of benzene rings is 3. The van der Waals surface area contributed by atoms with Crippen molar-refractivity contribution >= 4 is 62.4 Å². The van der Waals surface area contributed by atoms with Crippen molar-refractivity contribution in [1.82, 2.24) is 0 Å². The zero-order chi connectivity index (χ0) is 19.0. The second-order valence-electron chi connectivity index (χ2n) is 6.50. The van der Waals surface area contributed by atoms with Gasteiger partial charge in [0.15, 0.2) is 4.32 Å². The lowest BCUT2D eigenvalue weighted by Gasteiger charge is -2.17. The summed E-state index contributed by atoms with van der Waals surface area (Å²) in [5.41, 5.74) is 2.94. The average Bonchev–Trinajstić information content (AvgIpc) is 2.95. The van der Waals surface area contributed by atoms with Crippen molar-refractivity contribution in [3.8, 4) is 0 Å². The average molecular weight is 391 g/mol. The van der Waals surface area contributed by atoms with Crippen LogP contribution in [-0.2, 0) is 4.79 Å². The van der Waals surface area contributed by atoms with E-state index in [1.165, 1.54) is 11.8 Å². The van der Waals surface area contributed by atoms with Crippen LogP contribution in [0.1, 0.15) is 5.56 Å². The summed E-state index contributed by atoms with van der Waals surface area (Å²) in [6, 6.07) is 22.1. The van der Waals surface area contributed by atoms with Crippen LogP contribution >= 0.6 is 24.0 Å². The fraction of sp³-hybridized carbons (Fsp3) is 0.0909. The Morgan fingerprint density at radius 1 is 0.963 bits per heavy atom. The Hall–Kier alpha value is -2.63. The number of thioether (sulfide) groups is 1. The van der Waals surface area contributed by atoms with Gasteiger partial charge in [0.05, 0.1) is 10.6 Å². The topological polar surface area (TPSA) is 23.6 Å². The molecule has 0 N–H and O–H groups in total. The van der Waals surface area contributed by atoms with Gasteiger partial charge in [-0.25, -0.2) is 0 Å². The molecule has 0 atom stereocenters. The molecule has 1 fully saturated rings. The van der Waals surface area contributed by atoms with E-state index in [1.807, 2.05) is 91.8 Å². The molecule has 5 heteroatoms. The second-order valence-corrected chi connectivity index (χ2v) is 8.18. The van der Waals surface area contributed by atoms with E-state index >= 15 is 0 Å². The number of hydrogen-bond acceptors (Lipinski definition) is 4. The molecule has 134 valence electrons. The van der Waals surface area contributed by atoms with Crippen molar-refractivity contribution in [3.05, 3.63) is 77.2 Å². The minimum atomic E-state index is -0.0713. The quantitative estimate of drug-likeness (QED) is 0.447. The number of rotatable bonds is 3. The predicted octanol–water partition coefficient (Wildman–Crippen LogP) is 5.31. The summed E-state index contributed by atoms with van der Waals surface area (Å²) in [5.74, 6) is -0.0713. The van der Waals surface area contributed by atoms with Gasteiger partial charge in [-0.3, -0.25) is 9.69 Å². The number of hydrogen-bond donors (Lipinski definition) is 0. The van der Waals surface area contributed by atoms with Crippen LogP contribution in [0.25, 0.3) is 16.8 Å². The minimum Gasteiger partial charge on any atom is -0.378 e. The lowest BCUT2D eigenvalue weighted by molar-refractivity contribution is -0.113. The molecule has 3 aromatic carbocycles. The molecular formula is C22H18N2OS2. The summed E-state index contributed by atoms with van der Waals surface area (Å²) in [6.07, 6.45) is 1.91. The molecule has 1 saturated heterocycles. The van der Waals surface area contributed by atoms with Gasteiger partial charge in [-0.2, -0.15) is 0 Å². The Morgan fingerprint density at radius 2 is 1.67 bits per heavy atom. The van der Waals surface area contributed by atoms with E-state index in [9.17, 15) is 4.79 Å². The number of fused-ring (bicyclic) bond motifs is 1. The van der Waals surface area contributed by atoms with Crippen molar-refractivity contribution in [2.45, 2.75) is 0 Å². The minimum absolute atomic E-state index is 0.0713. The number of nitrogens with zero attached hydrogens (tertiary/aromatic N) is 2. The van der Waals surface area contributed by atoms with Crippen molar-refractivity contribution in [2.75, 3.05) is 23.9 Å². The molecule has 0 saturated carbocycles. The molecule has 0 bridgehead atoms. The zero-order valence-electron chi connectivity index (χ0n) is 15.0. The van der Waals surface area contributed by atoms with E-state index in [0.717, 1.165) is 27.7 Å². The Bertz CT molecular complexity index is 1070. The third kappa shape index (κ3) is 3.36. The van der Waals surface area contributed by atoms with Crippen LogP contribution in [0, 0.1) is 0 Å². The predicted molar refractivity (Wildman–Crippen MR) is 120 cm³/mol. The number of carbonyl (C=O) groups excluding carboxylic acids is 1. The van der Waals surface area contributed by atoms with E-state index in [0.29, 0.717) is 9.23 Å². The molecule has 0 aliphatic carbocycles. The van der Waals surface area contributed by atoms with Crippen LogP contribution in [0.2, 0.25) is 0 Å². The fourth-order valence-corrected chi connectivity index (χ4v) is 4.38. The highest BCUT2D eigenvalue weighted by molar-refractivity contribution is 8.27. The molecule has 3 nitrogen and oxygen atoms in total. The lowest BCUT2D eigenvalue weighted by atomic mass is 10.1. The van der Waals surface area contributed by atoms with Crippen LogP contribution in [0.15, 0.2) is 71.6 Å². The first-order chi connectivity index (χ1) is 13.0. The molecule has 1 heterocycles. The highest BCUT2D eigenvalue weighted by Crippen LogP contribution is 2.38. The van der Waals surface area contributed by atoms with Gasteiger partial charge < -0.3 is 4.90 Å². The maximum Gasteiger partial charge on any atom is 0.270 e. The molecule has 3 aromatic rings. The Labute approximate surface area is 168 Å². The van der Waals surface area contributed by atoms with Gasteiger partial charge >= 0.3 is 0 Å². The summed E-state index contributed by atoms with van der Waals surface area (Å²) in [4.78, 5) is 17.4. The van der Waals surface area contributed by atoms with Gasteiger partial charge in [0.2, 0.25) is 0 Å².